The van der Waals surface area contributed by atoms with Crippen LogP contribution < -0.4 is 9.64 Å². The van der Waals surface area contributed by atoms with E-state index in [1.165, 1.54) is 24.4 Å². The topological polar surface area (TPSA) is 88.5 Å². The molecule has 0 amide bonds. The van der Waals surface area contributed by atoms with Crippen LogP contribution in [0.2, 0.25) is 0 Å². The third-order valence-electron chi connectivity index (χ3n) is 5.81. The first-order valence-electron chi connectivity index (χ1n) is 11.5. The van der Waals surface area contributed by atoms with Crippen LogP contribution in [0.5, 0.6) is 11.5 Å². The molecular formula is C25H31N3O5S. The van der Waals surface area contributed by atoms with E-state index in [0.29, 0.717) is 23.3 Å². The van der Waals surface area contributed by atoms with E-state index in [0.717, 1.165) is 38.8 Å². The van der Waals surface area contributed by atoms with Crippen LogP contribution in [0.4, 0.5) is 5.69 Å². The molecule has 2 aliphatic rings. The number of carbonyl (C=O) groups excluding carboxylic acids is 1. The maximum absolute atomic E-state index is 13.4. The van der Waals surface area contributed by atoms with Crippen LogP contribution in [0, 0.1) is 11.8 Å². The molecule has 2 aromatic carbocycles. The number of benzene rings is 2. The number of anilines is 1. The number of nitrogens with zero attached hydrogens (tertiary/aromatic N) is 3. The zero-order valence-corrected chi connectivity index (χ0v) is 20.6. The van der Waals surface area contributed by atoms with Gasteiger partial charge in [-0.3, -0.25) is 0 Å². The molecule has 2 saturated carbocycles. The Labute approximate surface area is 201 Å². The molecule has 0 atom stereocenters. The highest BCUT2D eigenvalue weighted by Gasteiger charge is 2.34. The molecule has 0 heterocycles. The van der Waals surface area contributed by atoms with Crippen molar-refractivity contribution in [2.24, 2.45) is 16.2 Å². The number of methoxy groups -OCH3 is 1. The number of esters is 1. The number of rotatable bonds is 11. The average Bonchev–Trinajstić information content (AvgIpc) is 3.74. The third kappa shape index (κ3) is 6.08. The molecule has 2 aliphatic carbocycles. The Morgan fingerprint density at radius 3 is 2.21 bits per heavy atom. The van der Waals surface area contributed by atoms with Gasteiger partial charge in [-0.05, 0) is 61.8 Å². The molecule has 182 valence electrons. The third-order valence-corrected chi connectivity index (χ3v) is 7.04. The second-order valence-electron chi connectivity index (χ2n) is 9.18. The maximum Gasteiger partial charge on any atom is 0.337 e. The quantitative estimate of drug-likeness (QED) is 0.268. The van der Waals surface area contributed by atoms with E-state index in [1.54, 1.807) is 32.3 Å². The van der Waals surface area contributed by atoms with E-state index in [2.05, 4.69) is 9.30 Å². The van der Waals surface area contributed by atoms with Crippen LogP contribution in [-0.4, -0.2) is 59.9 Å². The second-order valence-corrected chi connectivity index (χ2v) is 10.8. The summed E-state index contributed by atoms with van der Waals surface area (Å²) in [6.07, 6.45) is 5.80. The smallest absolute Gasteiger partial charge is 0.337 e. The van der Waals surface area contributed by atoms with Gasteiger partial charge in [0.1, 0.15) is 17.0 Å². The van der Waals surface area contributed by atoms with Crippen molar-refractivity contribution >= 4 is 28.0 Å². The van der Waals surface area contributed by atoms with Crippen molar-refractivity contribution in [2.75, 3.05) is 39.2 Å². The largest absolute Gasteiger partial charge is 0.465 e. The van der Waals surface area contributed by atoms with Crippen LogP contribution in [0.1, 0.15) is 36.0 Å². The molecule has 0 aromatic heterocycles. The minimum absolute atomic E-state index is 0.146. The monoisotopic (exact) mass is 485 g/mol. The Morgan fingerprint density at radius 1 is 1.06 bits per heavy atom. The molecule has 2 fully saturated rings. The standard InChI is InChI=1S/C25H31N3O5S/c1-27(2)17-26-34(30,31)23-14-20(25(29)32-3)13-22(24(23)33-21-7-5-4-6-8-21)28(15-18-9-10-18)16-19-11-12-19/h4-8,13-14,17-19H,9-12,15-16H2,1-3H3. The molecule has 0 saturated heterocycles. The molecule has 0 bridgehead atoms. The second kappa shape index (κ2) is 10.0. The zero-order valence-electron chi connectivity index (χ0n) is 19.8. The zero-order chi connectivity index (χ0) is 24.3. The first-order valence-corrected chi connectivity index (χ1v) is 12.9. The SMILES string of the molecule is COC(=O)c1cc(N(CC2CC2)CC2CC2)c(Oc2ccccc2)c(S(=O)(=O)N=CN(C)C)c1. The van der Waals surface area contributed by atoms with Crippen molar-refractivity contribution in [3.05, 3.63) is 48.0 Å². The van der Waals surface area contributed by atoms with Gasteiger partial charge in [-0.15, -0.1) is 4.40 Å². The van der Waals surface area contributed by atoms with Crippen LogP contribution in [0.15, 0.2) is 51.8 Å². The summed E-state index contributed by atoms with van der Waals surface area (Å²) >= 11 is 0. The van der Waals surface area contributed by atoms with E-state index >= 15 is 0 Å². The average molecular weight is 486 g/mol. The molecule has 4 rings (SSSR count). The Hall–Kier alpha value is -3.07. The van der Waals surface area contributed by atoms with Gasteiger partial charge in [0.05, 0.1) is 18.4 Å². The van der Waals surface area contributed by atoms with E-state index in [-0.39, 0.29) is 16.2 Å². The first-order chi connectivity index (χ1) is 16.3. The van der Waals surface area contributed by atoms with Gasteiger partial charge < -0.3 is 19.3 Å². The van der Waals surface area contributed by atoms with Gasteiger partial charge in [-0.1, -0.05) is 18.2 Å². The fraction of sp³-hybridized carbons (Fsp3) is 0.440. The summed E-state index contributed by atoms with van der Waals surface area (Å²) in [5.41, 5.74) is 0.720. The molecular weight excluding hydrogens is 454 g/mol. The van der Waals surface area contributed by atoms with Gasteiger partial charge in [0.25, 0.3) is 10.0 Å². The highest BCUT2D eigenvalue weighted by atomic mass is 32.2. The Balaban J connectivity index is 1.90. The highest BCUT2D eigenvalue weighted by Crippen LogP contribution is 2.44. The van der Waals surface area contributed by atoms with E-state index < -0.39 is 16.0 Å². The molecule has 0 radical (unpaired) electrons. The lowest BCUT2D eigenvalue weighted by molar-refractivity contribution is 0.0600. The van der Waals surface area contributed by atoms with Crippen molar-refractivity contribution in [2.45, 2.75) is 30.6 Å². The fourth-order valence-electron chi connectivity index (χ4n) is 3.67. The minimum Gasteiger partial charge on any atom is -0.465 e. The van der Waals surface area contributed by atoms with Crippen LogP contribution >= 0.6 is 0 Å². The number of carbonyl (C=O) groups is 1. The van der Waals surface area contributed by atoms with Gasteiger partial charge >= 0.3 is 5.97 Å². The van der Waals surface area contributed by atoms with Crippen molar-refractivity contribution in [1.29, 1.82) is 0 Å². The minimum atomic E-state index is -4.18. The van der Waals surface area contributed by atoms with Crippen molar-refractivity contribution < 1.29 is 22.7 Å². The Bertz CT molecular complexity index is 1140. The van der Waals surface area contributed by atoms with Gasteiger partial charge in [-0.25, -0.2) is 4.79 Å². The molecule has 8 nitrogen and oxygen atoms in total. The summed E-state index contributed by atoms with van der Waals surface area (Å²) in [6, 6.07) is 12.0. The lowest BCUT2D eigenvalue weighted by atomic mass is 10.1. The van der Waals surface area contributed by atoms with E-state index in [4.69, 9.17) is 9.47 Å². The molecule has 0 unspecified atom stereocenters. The van der Waals surface area contributed by atoms with Crippen LogP contribution in [-0.2, 0) is 14.8 Å². The molecule has 34 heavy (non-hydrogen) atoms. The van der Waals surface area contributed by atoms with Crippen molar-refractivity contribution in [3.63, 3.8) is 0 Å². The summed E-state index contributed by atoms with van der Waals surface area (Å²) in [7, 11) is 0.463. The van der Waals surface area contributed by atoms with Gasteiger partial charge in [0, 0.05) is 27.2 Å². The molecule has 0 N–H and O–H groups in total. The first kappa shape index (κ1) is 24.1. The predicted octanol–water partition coefficient (Wildman–Crippen LogP) is 4.17. The summed E-state index contributed by atoms with van der Waals surface area (Å²) < 4.78 is 41.8. The molecule has 9 heteroatoms. The summed E-state index contributed by atoms with van der Waals surface area (Å²) in [5, 5.41) is 0. The Morgan fingerprint density at radius 2 is 1.68 bits per heavy atom. The van der Waals surface area contributed by atoms with Crippen molar-refractivity contribution in [3.8, 4) is 11.5 Å². The number of sulfonamides is 1. The highest BCUT2D eigenvalue weighted by molar-refractivity contribution is 7.90. The summed E-state index contributed by atoms with van der Waals surface area (Å²) in [4.78, 5) is 16.1. The fourth-order valence-corrected chi connectivity index (χ4v) is 4.75. The number of hydrogen-bond donors (Lipinski definition) is 0. The normalized spacial score (nSPS) is 15.9. The molecule has 0 spiro atoms. The van der Waals surface area contributed by atoms with Gasteiger partial charge in [-0.2, -0.15) is 8.42 Å². The van der Waals surface area contributed by atoms with E-state index in [1.807, 2.05) is 18.2 Å². The molecule has 2 aromatic rings. The summed E-state index contributed by atoms with van der Waals surface area (Å²) in [6.45, 7) is 1.57. The number of ether oxygens (including phenoxy) is 2. The van der Waals surface area contributed by atoms with Crippen LogP contribution in [0.25, 0.3) is 0 Å². The van der Waals surface area contributed by atoms with Gasteiger partial charge in [0.2, 0.25) is 0 Å². The lowest BCUT2D eigenvalue weighted by Gasteiger charge is -2.28. The molecule has 0 aliphatic heterocycles. The number of hydrogen-bond acceptors (Lipinski definition) is 6. The number of para-hydroxylation sites is 1. The lowest BCUT2D eigenvalue weighted by Crippen LogP contribution is -2.29. The van der Waals surface area contributed by atoms with Gasteiger partial charge in [0.15, 0.2) is 5.75 Å². The van der Waals surface area contributed by atoms with E-state index in [9.17, 15) is 13.2 Å². The summed E-state index contributed by atoms with van der Waals surface area (Å²) in [5.74, 6) is 1.17. The van der Waals surface area contributed by atoms with Crippen LogP contribution in [0.3, 0.4) is 0 Å². The predicted molar refractivity (Wildman–Crippen MR) is 131 cm³/mol. The van der Waals surface area contributed by atoms with Crippen molar-refractivity contribution in [1.82, 2.24) is 4.90 Å². The maximum atomic E-state index is 13.4. The Kier molecular flexibility index (Phi) is 7.11.